The van der Waals surface area contributed by atoms with E-state index in [9.17, 15) is 9.18 Å². The number of urea groups is 1. The second-order valence-electron chi connectivity index (χ2n) is 5.61. The average Bonchev–Trinajstić information content (AvgIpc) is 3.05. The predicted molar refractivity (Wildman–Crippen MR) is 85.6 cm³/mol. The highest BCUT2D eigenvalue weighted by atomic mass is 19.1. The fraction of sp³-hybridized carbons (Fsp3) is 0.438. The largest absolute Gasteiger partial charge is 0.419 e. The molecule has 0 radical (unpaired) electrons. The van der Waals surface area contributed by atoms with E-state index in [2.05, 4.69) is 20.4 Å². The third-order valence-electron chi connectivity index (χ3n) is 3.90. The smallest absolute Gasteiger partial charge is 0.317 e. The number of aromatic nitrogens is 2. The Morgan fingerprint density at radius 1 is 1.21 bits per heavy atom. The van der Waals surface area contributed by atoms with Gasteiger partial charge in [-0.15, -0.1) is 10.2 Å². The normalized spacial score (nSPS) is 15.5. The van der Waals surface area contributed by atoms with Crippen LogP contribution in [0.1, 0.15) is 12.8 Å². The molecule has 128 valence electrons. The van der Waals surface area contributed by atoms with Crippen molar-refractivity contribution in [1.82, 2.24) is 25.3 Å². The van der Waals surface area contributed by atoms with Crippen LogP contribution in [-0.2, 0) is 6.54 Å². The lowest BCUT2D eigenvalue weighted by Gasteiger charge is -2.33. The molecule has 1 fully saturated rings. The molecule has 1 N–H and O–H groups in total. The third kappa shape index (κ3) is 3.88. The van der Waals surface area contributed by atoms with E-state index in [0.717, 1.165) is 13.1 Å². The highest BCUT2D eigenvalue weighted by Crippen LogP contribution is 2.19. The van der Waals surface area contributed by atoms with E-state index in [1.165, 1.54) is 12.1 Å². The fourth-order valence-electron chi connectivity index (χ4n) is 2.59. The highest BCUT2D eigenvalue weighted by Gasteiger charge is 2.22. The lowest BCUT2D eigenvalue weighted by molar-refractivity contribution is 0.129. The number of rotatable bonds is 4. The van der Waals surface area contributed by atoms with Gasteiger partial charge in [-0.05, 0) is 31.2 Å². The first-order valence-corrected chi connectivity index (χ1v) is 7.99. The highest BCUT2D eigenvalue weighted by molar-refractivity contribution is 5.74. The Kier molecular flexibility index (Phi) is 5.05. The van der Waals surface area contributed by atoms with Crippen molar-refractivity contribution in [2.75, 3.05) is 32.7 Å². The monoisotopic (exact) mass is 333 g/mol. The summed E-state index contributed by atoms with van der Waals surface area (Å²) < 4.78 is 18.6. The summed E-state index contributed by atoms with van der Waals surface area (Å²) in [5.74, 6) is 0.593. The fourth-order valence-corrected chi connectivity index (χ4v) is 2.59. The maximum absolute atomic E-state index is 12.9. The van der Waals surface area contributed by atoms with Crippen LogP contribution in [0.25, 0.3) is 11.5 Å². The van der Waals surface area contributed by atoms with Gasteiger partial charge in [0.15, 0.2) is 0 Å². The van der Waals surface area contributed by atoms with Crippen molar-refractivity contribution in [1.29, 1.82) is 0 Å². The number of nitrogens with zero attached hydrogens (tertiary/aromatic N) is 4. The van der Waals surface area contributed by atoms with Crippen molar-refractivity contribution in [3.63, 3.8) is 0 Å². The molecule has 0 atom stereocenters. The van der Waals surface area contributed by atoms with Crippen LogP contribution in [0.2, 0.25) is 0 Å². The number of carbonyl (C=O) groups is 1. The van der Waals surface area contributed by atoms with Gasteiger partial charge >= 0.3 is 6.03 Å². The van der Waals surface area contributed by atoms with Gasteiger partial charge in [0.2, 0.25) is 11.8 Å². The maximum Gasteiger partial charge on any atom is 0.317 e. The number of hydrogen-bond acceptors (Lipinski definition) is 5. The molecule has 1 aliphatic rings. The molecule has 1 saturated heterocycles. The van der Waals surface area contributed by atoms with Crippen LogP contribution in [0.15, 0.2) is 28.7 Å². The molecule has 0 spiro atoms. The van der Waals surface area contributed by atoms with Gasteiger partial charge in [0.05, 0.1) is 6.54 Å². The summed E-state index contributed by atoms with van der Waals surface area (Å²) in [5.41, 5.74) is 0.691. The molecule has 3 rings (SSSR count). The van der Waals surface area contributed by atoms with Gasteiger partial charge < -0.3 is 14.6 Å². The zero-order valence-corrected chi connectivity index (χ0v) is 13.5. The van der Waals surface area contributed by atoms with Gasteiger partial charge in [0.1, 0.15) is 5.82 Å². The van der Waals surface area contributed by atoms with Gasteiger partial charge in [-0.3, -0.25) is 4.90 Å². The first-order chi connectivity index (χ1) is 11.7. The standard InChI is InChI=1S/C16H20FN5O2/c1-2-18-16(23)22-9-7-21(8-10-22)11-14-19-20-15(24-14)12-3-5-13(17)6-4-12/h3-6H,2,7-11H2,1H3,(H,18,23). The topological polar surface area (TPSA) is 74.5 Å². The van der Waals surface area contributed by atoms with Crippen LogP contribution in [0, 0.1) is 5.82 Å². The Morgan fingerprint density at radius 3 is 2.58 bits per heavy atom. The minimum Gasteiger partial charge on any atom is -0.419 e. The molecule has 0 aliphatic carbocycles. The molecule has 7 nitrogen and oxygen atoms in total. The minimum atomic E-state index is -0.302. The van der Waals surface area contributed by atoms with Crippen molar-refractivity contribution in [2.24, 2.45) is 0 Å². The number of hydrogen-bond donors (Lipinski definition) is 1. The van der Waals surface area contributed by atoms with Crippen LogP contribution >= 0.6 is 0 Å². The molecule has 8 heteroatoms. The van der Waals surface area contributed by atoms with E-state index in [0.29, 0.717) is 43.5 Å². The molecule has 1 aromatic heterocycles. The third-order valence-corrected chi connectivity index (χ3v) is 3.90. The van der Waals surface area contributed by atoms with Crippen LogP contribution in [0.4, 0.5) is 9.18 Å². The van der Waals surface area contributed by atoms with Gasteiger partial charge in [-0.25, -0.2) is 9.18 Å². The number of carbonyl (C=O) groups excluding carboxylic acids is 1. The van der Waals surface area contributed by atoms with E-state index < -0.39 is 0 Å². The lowest BCUT2D eigenvalue weighted by Crippen LogP contribution is -2.51. The number of piperazine rings is 1. The number of halogens is 1. The molecule has 1 aliphatic heterocycles. The zero-order chi connectivity index (χ0) is 16.9. The first kappa shape index (κ1) is 16.4. The second-order valence-corrected chi connectivity index (χ2v) is 5.61. The molecular formula is C16H20FN5O2. The van der Waals surface area contributed by atoms with E-state index >= 15 is 0 Å². The number of amides is 2. The summed E-state index contributed by atoms with van der Waals surface area (Å²) in [6.45, 7) is 5.93. The minimum absolute atomic E-state index is 0.0199. The Balaban J connectivity index is 1.54. The van der Waals surface area contributed by atoms with E-state index in [1.807, 2.05) is 6.92 Å². The summed E-state index contributed by atoms with van der Waals surface area (Å²) in [4.78, 5) is 15.7. The summed E-state index contributed by atoms with van der Waals surface area (Å²) in [5, 5.41) is 10.9. The van der Waals surface area contributed by atoms with Crippen LogP contribution in [-0.4, -0.2) is 58.8 Å². The quantitative estimate of drug-likeness (QED) is 0.922. The summed E-state index contributed by atoms with van der Waals surface area (Å²) in [7, 11) is 0. The Hall–Kier alpha value is -2.48. The van der Waals surface area contributed by atoms with Gasteiger partial charge in [0.25, 0.3) is 0 Å². The molecule has 2 amide bonds. The SMILES string of the molecule is CCNC(=O)N1CCN(Cc2nnc(-c3ccc(F)cc3)o2)CC1. The summed E-state index contributed by atoms with van der Waals surface area (Å²) >= 11 is 0. The van der Waals surface area contributed by atoms with Crippen molar-refractivity contribution in [2.45, 2.75) is 13.5 Å². The van der Waals surface area contributed by atoms with Crippen molar-refractivity contribution < 1.29 is 13.6 Å². The Labute approximate surface area is 139 Å². The molecule has 1 aromatic carbocycles. The Bertz CT molecular complexity index is 680. The average molecular weight is 333 g/mol. The molecule has 0 unspecified atom stereocenters. The molecule has 2 heterocycles. The summed E-state index contributed by atoms with van der Waals surface area (Å²) in [6, 6.07) is 5.92. The van der Waals surface area contributed by atoms with Crippen LogP contribution < -0.4 is 5.32 Å². The van der Waals surface area contributed by atoms with Gasteiger partial charge in [-0.2, -0.15) is 0 Å². The predicted octanol–water partition coefficient (Wildman–Crippen LogP) is 1.72. The summed E-state index contributed by atoms with van der Waals surface area (Å²) in [6.07, 6.45) is 0. The van der Waals surface area contributed by atoms with E-state index in [1.54, 1.807) is 17.0 Å². The van der Waals surface area contributed by atoms with Crippen molar-refractivity contribution in [3.05, 3.63) is 36.0 Å². The van der Waals surface area contributed by atoms with Crippen molar-refractivity contribution in [3.8, 4) is 11.5 Å². The van der Waals surface area contributed by atoms with Crippen LogP contribution in [0.5, 0.6) is 0 Å². The first-order valence-electron chi connectivity index (χ1n) is 7.99. The molecule has 0 saturated carbocycles. The van der Waals surface area contributed by atoms with E-state index in [-0.39, 0.29) is 11.8 Å². The molecule has 24 heavy (non-hydrogen) atoms. The van der Waals surface area contributed by atoms with E-state index in [4.69, 9.17) is 4.42 Å². The second kappa shape index (κ2) is 7.39. The molecule has 0 bridgehead atoms. The molecule has 2 aromatic rings. The zero-order valence-electron chi connectivity index (χ0n) is 13.5. The molecular weight excluding hydrogens is 313 g/mol. The van der Waals surface area contributed by atoms with Crippen molar-refractivity contribution >= 4 is 6.03 Å². The Morgan fingerprint density at radius 2 is 1.92 bits per heavy atom. The van der Waals surface area contributed by atoms with Crippen LogP contribution in [0.3, 0.4) is 0 Å². The van der Waals surface area contributed by atoms with Gasteiger partial charge in [-0.1, -0.05) is 0 Å². The van der Waals surface area contributed by atoms with Gasteiger partial charge in [0, 0.05) is 38.3 Å². The maximum atomic E-state index is 12.9. The number of benzene rings is 1. The lowest BCUT2D eigenvalue weighted by atomic mass is 10.2. The number of nitrogens with one attached hydrogen (secondary N) is 1.